The number of benzene rings is 1. The lowest BCUT2D eigenvalue weighted by Crippen LogP contribution is -2.30. The fourth-order valence-electron chi connectivity index (χ4n) is 3.56. The van der Waals surface area contributed by atoms with Crippen LogP contribution in [0.3, 0.4) is 0 Å². The molecule has 1 aliphatic heterocycles. The first-order valence-electron chi connectivity index (χ1n) is 9.52. The Morgan fingerprint density at radius 1 is 1.31 bits per heavy atom. The molecule has 0 N–H and O–H groups in total. The third-order valence-corrected chi connectivity index (χ3v) is 7.64. The van der Waals surface area contributed by atoms with Gasteiger partial charge in [0.25, 0.3) is 5.91 Å². The van der Waals surface area contributed by atoms with E-state index in [-0.39, 0.29) is 10.8 Å². The number of nitrogens with zero attached hydrogens (tertiary/aromatic N) is 4. The van der Waals surface area contributed by atoms with Crippen molar-refractivity contribution in [3.8, 4) is 0 Å². The molecular formula is C20H25ClN4O3S. The molecule has 0 atom stereocenters. The molecule has 2 aromatic rings. The zero-order valence-corrected chi connectivity index (χ0v) is 18.6. The standard InChI is InChI=1S/C20H25ClN4O3S/c1-5-24(6-2)29(27,28)16-7-9-18-15(13-16)11-12-25(18)19(26)10-8-17-14(3)22-23(4)20(17)21/h7-10,13H,5-6,11-12H2,1-4H3/b10-8+. The number of rotatable bonds is 6. The molecule has 7 nitrogen and oxygen atoms in total. The molecule has 1 amide bonds. The first-order valence-corrected chi connectivity index (χ1v) is 11.3. The van der Waals surface area contributed by atoms with E-state index in [1.807, 2.05) is 20.8 Å². The summed E-state index contributed by atoms with van der Waals surface area (Å²) in [6, 6.07) is 4.97. The van der Waals surface area contributed by atoms with Crippen molar-refractivity contribution in [1.82, 2.24) is 14.1 Å². The third kappa shape index (κ3) is 3.97. The number of aryl methyl sites for hydroxylation is 2. The van der Waals surface area contributed by atoms with Gasteiger partial charge in [-0.25, -0.2) is 8.42 Å². The lowest BCUT2D eigenvalue weighted by atomic mass is 10.2. The smallest absolute Gasteiger partial charge is 0.251 e. The van der Waals surface area contributed by atoms with Crippen molar-refractivity contribution in [2.45, 2.75) is 32.1 Å². The largest absolute Gasteiger partial charge is 0.308 e. The first kappa shape index (κ1) is 21.5. The van der Waals surface area contributed by atoms with E-state index >= 15 is 0 Å². The molecule has 1 aromatic heterocycles. The van der Waals surface area contributed by atoms with Crippen LogP contribution < -0.4 is 4.90 Å². The summed E-state index contributed by atoms with van der Waals surface area (Å²) in [5.41, 5.74) is 3.06. The van der Waals surface area contributed by atoms with Crippen LogP contribution in [0.25, 0.3) is 6.08 Å². The van der Waals surface area contributed by atoms with Gasteiger partial charge in [0.1, 0.15) is 5.15 Å². The highest BCUT2D eigenvalue weighted by Crippen LogP contribution is 2.31. The van der Waals surface area contributed by atoms with Gasteiger partial charge in [-0.1, -0.05) is 25.4 Å². The Bertz CT molecular complexity index is 1070. The minimum Gasteiger partial charge on any atom is -0.308 e. The van der Waals surface area contributed by atoms with Crippen molar-refractivity contribution in [2.24, 2.45) is 7.05 Å². The van der Waals surface area contributed by atoms with Crippen LogP contribution in [-0.2, 0) is 28.3 Å². The molecule has 156 valence electrons. The zero-order valence-electron chi connectivity index (χ0n) is 17.0. The van der Waals surface area contributed by atoms with Crippen LogP contribution in [0.15, 0.2) is 29.2 Å². The summed E-state index contributed by atoms with van der Waals surface area (Å²) in [5, 5.41) is 4.70. The van der Waals surface area contributed by atoms with E-state index in [1.165, 1.54) is 10.4 Å². The Balaban J connectivity index is 1.84. The van der Waals surface area contributed by atoms with Crippen molar-refractivity contribution in [3.63, 3.8) is 0 Å². The average Bonchev–Trinajstić information content (AvgIpc) is 3.21. The molecule has 29 heavy (non-hydrogen) atoms. The Morgan fingerprint density at radius 3 is 2.59 bits per heavy atom. The molecule has 0 unspecified atom stereocenters. The summed E-state index contributed by atoms with van der Waals surface area (Å²) in [6.07, 6.45) is 3.76. The predicted octanol–water partition coefficient (Wildman–Crippen LogP) is 3.01. The number of amides is 1. The molecule has 9 heteroatoms. The van der Waals surface area contributed by atoms with Gasteiger partial charge in [0.15, 0.2) is 0 Å². The van der Waals surface area contributed by atoms with Crippen LogP contribution in [-0.4, -0.2) is 48.0 Å². The molecule has 1 aromatic carbocycles. The highest BCUT2D eigenvalue weighted by Gasteiger charge is 2.27. The first-order chi connectivity index (χ1) is 13.7. The van der Waals surface area contributed by atoms with Crippen molar-refractivity contribution in [3.05, 3.63) is 46.2 Å². The third-order valence-electron chi connectivity index (χ3n) is 5.14. The van der Waals surface area contributed by atoms with Crippen molar-refractivity contribution in [1.29, 1.82) is 0 Å². The van der Waals surface area contributed by atoms with Crippen LogP contribution in [0, 0.1) is 6.92 Å². The number of carbonyl (C=O) groups is 1. The normalized spacial score (nSPS) is 14.2. The number of anilines is 1. The van der Waals surface area contributed by atoms with Gasteiger partial charge in [-0.3, -0.25) is 9.48 Å². The van der Waals surface area contributed by atoms with E-state index in [0.29, 0.717) is 36.8 Å². The van der Waals surface area contributed by atoms with Crippen molar-refractivity contribution < 1.29 is 13.2 Å². The molecule has 2 heterocycles. The quantitative estimate of drug-likeness (QED) is 0.652. The molecule has 0 saturated heterocycles. The number of hydrogen-bond donors (Lipinski definition) is 0. The molecule has 0 spiro atoms. The molecule has 0 bridgehead atoms. The van der Waals surface area contributed by atoms with Crippen molar-refractivity contribution >= 4 is 39.3 Å². The SMILES string of the molecule is CCN(CC)S(=O)(=O)c1ccc2c(c1)CCN2C(=O)/C=C/c1c(C)nn(C)c1Cl. The molecular weight excluding hydrogens is 412 g/mol. The monoisotopic (exact) mass is 436 g/mol. The van der Waals surface area contributed by atoms with E-state index in [9.17, 15) is 13.2 Å². The van der Waals surface area contributed by atoms with Gasteiger partial charge in [0, 0.05) is 44.0 Å². The van der Waals surface area contributed by atoms with Gasteiger partial charge in [0.2, 0.25) is 10.0 Å². The van der Waals surface area contributed by atoms with E-state index in [1.54, 1.807) is 40.9 Å². The minimum atomic E-state index is -3.52. The Hall–Kier alpha value is -2.16. The molecule has 3 rings (SSSR count). The highest BCUT2D eigenvalue weighted by atomic mass is 35.5. The summed E-state index contributed by atoms with van der Waals surface area (Å²) in [7, 11) is -1.78. The Kier molecular flexibility index (Phi) is 6.16. The van der Waals surface area contributed by atoms with Crippen LogP contribution >= 0.6 is 11.6 Å². The molecule has 0 saturated carbocycles. The summed E-state index contributed by atoms with van der Waals surface area (Å²) in [6.45, 7) is 6.81. The van der Waals surface area contributed by atoms with Crippen molar-refractivity contribution in [2.75, 3.05) is 24.5 Å². The Morgan fingerprint density at radius 2 is 2.00 bits per heavy atom. The number of aromatic nitrogens is 2. The van der Waals surface area contributed by atoms with Gasteiger partial charge < -0.3 is 4.90 Å². The summed E-state index contributed by atoms with van der Waals surface area (Å²) >= 11 is 6.21. The second kappa shape index (κ2) is 8.30. The van der Waals surface area contributed by atoms with Crippen LogP contribution in [0.4, 0.5) is 5.69 Å². The van der Waals surface area contributed by atoms with E-state index in [2.05, 4.69) is 5.10 Å². The lowest BCUT2D eigenvalue weighted by Gasteiger charge is -2.19. The van der Waals surface area contributed by atoms with Gasteiger partial charge in [-0.2, -0.15) is 9.40 Å². The zero-order chi connectivity index (χ0) is 21.3. The number of sulfonamides is 1. The Labute approximate surface area is 176 Å². The summed E-state index contributed by atoms with van der Waals surface area (Å²) in [4.78, 5) is 14.7. The summed E-state index contributed by atoms with van der Waals surface area (Å²) < 4.78 is 28.5. The number of hydrogen-bond acceptors (Lipinski definition) is 4. The van der Waals surface area contributed by atoms with Crippen LogP contribution in [0.5, 0.6) is 0 Å². The maximum absolute atomic E-state index is 12.7. The van der Waals surface area contributed by atoms with Gasteiger partial charge in [-0.05, 0) is 43.2 Å². The van der Waals surface area contributed by atoms with E-state index in [4.69, 9.17) is 11.6 Å². The molecule has 0 radical (unpaired) electrons. The van der Waals surface area contributed by atoms with Crippen LogP contribution in [0.1, 0.15) is 30.7 Å². The fraction of sp³-hybridized carbons (Fsp3) is 0.400. The van der Waals surface area contributed by atoms with Crippen LogP contribution in [0.2, 0.25) is 5.15 Å². The minimum absolute atomic E-state index is 0.178. The highest BCUT2D eigenvalue weighted by molar-refractivity contribution is 7.89. The lowest BCUT2D eigenvalue weighted by molar-refractivity contribution is -0.114. The maximum Gasteiger partial charge on any atom is 0.251 e. The second-order valence-corrected chi connectivity index (χ2v) is 9.16. The van der Waals surface area contributed by atoms with Gasteiger partial charge >= 0.3 is 0 Å². The maximum atomic E-state index is 12.7. The number of fused-ring (bicyclic) bond motifs is 1. The molecule has 0 fully saturated rings. The topological polar surface area (TPSA) is 75.5 Å². The van der Waals surface area contributed by atoms with Gasteiger partial charge in [-0.15, -0.1) is 0 Å². The van der Waals surface area contributed by atoms with E-state index < -0.39 is 10.0 Å². The average molecular weight is 437 g/mol. The molecule has 0 aliphatic carbocycles. The molecule has 1 aliphatic rings. The van der Waals surface area contributed by atoms with Gasteiger partial charge in [0.05, 0.1) is 10.6 Å². The number of carbonyl (C=O) groups excluding carboxylic acids is 1. The fourth-order valence-corrected chi connectivity index (χ4v) is 5.31. The second-order valence-electron chi connectivity index (χ2n) is 6.87. The van der Waals surface area contributed by atoms with E-state index in [0.717, 1.165) is 16.9 Å². The predicted molar refractivity (Wildman–Crippen MR) is 115 cm³/mol. The number of halogens is 1. The summed E-state index contributed by atoms with van der Waals surface area (Å²) in [5.74, 6) is -0.178.